The molecule has 2 aromatic carbocycles. The highest BCUT2D eigenvalue weighted by Crippen LogP contribution is 2.40. The fraction of sp³-hybridized carbons (Fsp3) is 0.294. The van der Waals surface area contributed by atoms with Crippen molar-refractivity contribution in [3.05, 3.63) is 58.7 Å². The minimum absolute atomic E-state index is 0.233. The maximum atomic E-state index is 12.9. The summed E-state index contributed by atoms with van der Waals surface area (Å²) in [4.78, 5) is 0. The van der Waals surface area contributed by atoms with Crippen molar-refractivity contribution in [3.63, 3.8) is 0 Å². The predicted octanol–water partition coefficient (Wildman–Crippen LogP) is 5.84. The first-order valence-corrected chi connectivity index (χ1v) is 11.9. The van der Waals surface area contributed by atoms with Gasteiger partial charge in [-0.05, 0) is 36.4 Å². The summed E-state index contributed by atoms with van der Waals surface area (Å²) in [5.41, 5.74) is -8.18. The lowest BCUT2D eigenvalue weighted by molar-refractivity contribution is -0.144. The fourth-order valence-corrected chi connectivity index (χ4v) is 5.05. The number of rotatable bonds is 6. The van der Waals surface area contributed by atoms with E-state index in [-0.39, 0.29) is 24.3 Å². The molecule has 0 spiro atoms. The van der Waals surface area contributed by atoms with E-state index < -0.39 is 95.9 Å². The van der Waals surface area contributed by atoms with Gasteiger partial charge in [0.2, 0.25) is 5.08 Å². The molecule has 0 N–H and O–H groups in total. The van der Waals surface area contributed by atoms with Crippen LogP contribution in [0, 0.1) is 0 Å². The third-order valence-corrected chi connectivity index (χ3v) is 7.06. The molecule has 0 saturated heterocycles. The van der Waals surface area contributed by atoms with E-state index in [0.717, 1.165) is 0 Å². The quantitative estimate of drug-likeness (QED) is 0.306. The molecule has 37 heavy (non-hydrogen) atoms. The predicted molar refractivity (Wildman–Crippen MR) is 96.9 cm³/mol. The first-order chi connectivity index (χ1) is 16.3. The van der Waals surface area contributed by atoms with Crippen LogP contribution in [0.25, 0.3) is 0 Å². The van der Waals surface area contributed by atoms with Gasteiger partial charge >= 0.3 is 44.9 Å². The van der Waals surface area contributed by atoms with Gasteiger partial charge in [0, 0.05) is 0 Å². The molecular formula is C17H8F12O6S2. The Labute approximate surface area is 198 Å². The monoisotopic (exact) mass is 600 g/mol. The molecule has 0 bridgehead atoms. The minimum atomic E-state index is -5.71. The standard InChI is InChI=1S/C17H8F12O6S2/c18-14(19,20)8-1-9(15(21,22)23)4-12(3-8)34-36(30,31)7-37(32,33)35-13-5-10(16(24,25)26)2-11(6-13)17(27,28)29/h1-6H,7H2. The molecule has 0 atom stereocenters. The van der Waals surface area contributed by atoms with E-state index in [1.807, 2.05) is 0 Å². The Balaban J connectivity index is 2.41. The Bertz CT molecular complexity index is 1200. The number of hydrogen-bond acceptors (Lipinski definition) is 6. The summed E-state index contributed by atoms with van der Waals surface area (Å²) in [6.07, 6.45) is -21.8. The Morgan fingerprint density at radius 1 is 0.459 bits per heavy atom. The van der Waals surface area contributed by atoms with Crippen molar-refractivity contribution in [1.29, 1.82) is 0 Å². The average Bonchev–Trinajstić information content (AvgIpc) is 2.62. The highest BCUT2D eigenvalue weighted by atomic mass is 32.3. The summed E-state index contributed by atoms with van der Waals surface area (Å²) in [5, 5.41) is -2.44. The van der Waals surface area contributed by atoms with Crippen molar-refractivity contribution in [3.8, 4) is 11.5 Å². The van der Waals surface area contributed by atoms with Crippen LogP contribution in [0.5, 0.6) is 11.5 Å². The number of alkyl halides is 12. The number of benzene rings is 2. The van der Waals surface area contributed by atoms with Crippen molar-refractivity contribution >= 4 is 20.2 Å². The zero-order chi connectivity index (χ0) is 28.8. The van der Waals surface area contributed by atoms with E-state index in [0.29, 0.717) is 0 Å². The van der Waals surface area contributed by atoms with Crippen LogP contribution in [0.4, 0.5) is 52.7 Å². The van der Waals surface area contributed by atoms with Crippen molar-refractivity contribution in [2.75, 3.05) is 5.08 Å². The molecule has 0 aliphatic heterocycles. The van der Waals surface area contributed by atoms with E-state index in [1.165, 1.54) is 0 Å². The first kappa shape index (κ1) is 30.3. The molecule has 0 aliphatic carbocycles. The van der Waals surface area contributed by atoms with Gasteiger partial charge in [0.15, 0.2) is 0 Å². The Hall–Kier alpha value is -2.90. The Morgan fingerprint density at radius 2 is 0.676 bits per heavy atom. The van der Waals surface area contributed by atoms with Crippen LogP contribution in [-0.2, 0) is 44.9 Å². The van der Waals surface area contributed by atoms with E-state index >= 15 is 0 Å². The SMILES string of the molecule is O=S(=O)(CS(=O)(=O)Oc1cc(C(F)(F)F)cc(C(F)(F)F)c1)Oc1cc(C(F)(F)F)cc(C(F)(F)F)c1. The van der Waals surface area contributed by atoms with Gasteiger partial charge in [-0.25, -0.2) is 0 Å². The third-order valence-electron chi connectivity index (χ3n) is 3.86. The number of hydrogen-bond donors (Lipinski definition) is 0. The van der Waals surface area contributed by atoms with E-state index in [9.17, 15) is 69.5 Å². The largest absolute Gasteiger partial charge is 0.416 e. The van der Waals surface area contributed by atoms with Crippen LogP contribution in [-0.4, -0.2) is 21.9 Å². The number of halogens is 12. The normalized spacial score (nSPS) is 13.9. The summed E-state index contributed by atoms with van der Waals surface area (Å²) < 4.78 is 210. The Kier molecular flexibility index (Phi) is 7.74. The van der Waals surface area contributed by atoms with Gasteiger partial charge in [-0.1, -0.05) is 0 Å². The van der Waals surface area contributed by atoms with Crippen molar-refractivity contribution in [1.82, 2.24) is 0 Å². The summed E-state index contributed by atoms with van der Waals surface area (Å²) in [6.45, 7) is 0. The second kappa shape index (κ2) is 9.44. The highest BCUT2D eigenvalue weighted by Gasteiger charge is 2.39. The van der Waals surface area contributed by atoms with Crippen LogP contribution in [0.3, 0.4) is 0 Å². The topological polar surface area (TPSA) is 86.7 Å². The second-order valence-corrected chi connectivity index (χ2v) is 10.4. The molecule has 0 aliphatic rings. The summed E-state index contributed by atoms with van der Waals surface area (Å²) in [5.74, 6) is -3.31. The minimum Gasteiger partial charge on any atom is -0.382 e. The molecule has 0 amide bonds. The molecule has 6 nitrogen and oxygen atoms in total. The molecule has 0 aromatic heterocycles. The third kappa shape index (κ3) is 8.58. The lowest BCUT2D eigenvalue weighted by Crippen LogP contribution is -2.25. The van der Waals surface area contributed by atoms with Crippen molar-refractivity contribution in [2.45, 2.75) is 24.7 Å². The zero-order valence-electron chi connectivity index (χ0n) is 17.0. The van der Waals surface area contributed by atoms with Crippen molar-refractivity contribution < 1.29 is 77.9 Å². The maximum Gasteiger partial charge on any atom is 0.416 e. The maximum absolute atomic E-state index is 12.9. The molecule has 2 aromatic rings. The molecule has 20 heteroatoms. The smallest absolute Gasteiger partial charge is 0.382 e. The molecule has 0 heterocycles. The zero-order valence-corrected chi connectivity index (χ0v) is 18.6. The molecular weight excluding hydrogens is 592 g/mol. The lowest BCUT2D eigenvalue weighted by Gasteiger charge is -2.16. The van der Waals surface area contributed by atoms with Crippen LogP contribution in [0.1, 0.15) is 22.3 Å². The van der Waals surface area contributed by atoms with Crippen LogP contribution >= 0.6 is 0 Å². The summed E-state index contributed by atoms with van der Waals surface area (Å²) in [6, 6.07) is -1.76. The second-order valence-electron chi connectivity index (χ2n) is 6.88. The molecule has 0 saturated carbocycles. The molecule has 0 fully saturated rings. The summed E-state index contributed by atoms with van der Waals surface area (Å²) in [7, 11) is -11.4. The van der Waals surface area contributed by atoms with Crippen LogP contribution in [0.15, 0.2) is 36.4 Å². The van der Waals surface area contributed by atoms with E-state index in [4.69, 9.17) is 0 Å². The van der Waals surface area contributed by atoms with Gasteiger partial charge < -0.3 is 8.37 Å². The van der Waals surface area contributed by atoms with Gasteiger partial charge in [0.25, 0.3) is 0 Å². The van der Waals surface area contributed by atoms with Crippen molar-refractivity contribution in [2.24, 2.45) is 0 Å². The van der Waals surface area contributed by atoms with Gasteiger partial charge in [-0.3, -0.25) is 0 Å². The van der Waals surface area contributed by atoms with E-state index in [2.05, 4.69) is 8.37 Å². The molecule has 2 rings (SSSR count). The van der Waals surface area contributed by atoms with Gasteiger partial charge in [0.1, 0.15) is 11.5 Å². The van der Waals surface area contributed by atoms with Crippen LogP contribution in [0.2, 0.25) is 0 Å². The molecule has 0 unspecified atom stereocenters. The molecule has 208 valence electrons. The fourth-order valence-electron chi connectivity index (χ4n) is 2.47. The summed E-state index contributed by atoms with van der Waals surface area (Å²) >= 11 is 0. The first-order valence-electron chi connectivity index (χ1n) is 8.72. The molecule has 0 radical (unpaired) electrons. The van der Waals surface area contributed by atoms with Gasteiger partial charge in [0.05, 0.1) is 22.3 Å². The van der Waals surface area contributed by atoms with Crippen LogP contribution < -0.4 is 8.37 Å². The Morgan fingerprint density at radius 3 is 0.865 bits per heavy atom. The highest BCUT2D eigenvalue weighted by molar-refractivity contribution is 8.04. The lowest BCUT2D eigenvalue weighted by atomic mass is 10.1. The van der Waals surface area contributed by atoms with E-state index in [1.54, 1.807) is 0 Å². The van der Waals surface area contributed by atoms with Gasteiger partial charge in [-0.15, -0.1) is 0 Å². The van der Waals surface area contributed by atoms with Gasteiger partial charge in [-0.2, -0.15) is 69.5 Å². The average molecular weight is 600 g/mol.